The summed E-state index contributed by atoms with van der Waals surface area (Å²) >= 11 is 1.50. The predicted octanol–water partition coefficient (Wildman–Crippen LogP) is 3.84. The maximum Gasteiger partial charge on any atom is 0.305 e. The van der Waals surface area contributed by atoms with Crippen LogP contribution >= 0.6 is 11.3 Å². The minimum atomic E-state index is -4.08. The fourth-order valence-corrected chi connectivity index (χ4v) is 5.86. The number of carbonyl (C=O) groups is 1. The van der Waals surface area contributed by atoms with Gasteiger partial charge >= 0.3 is 5.97 Å². The second kappa shape index (κ2) is 11.1. The number of sulfonamides is 1. The normalized spacial score (nSPS) is 15.5. The number of carbonyl (C=O) groups excluding carboxylic acids is 1. The SMILES string of the molecule is CCOc1nn(CC)cc1S(=O)(=O)N1C[C@H](CCC(=O)OC)Oc2ccc(/C=C/c3nccs3)cc21. The molecule has 0 fully saturated rings. The van der Waals surface area contributed by atoms with Crippen molar-refractivity contribution in [1.82, 2.24) is 14.8 Å². The fraction of sp³-hybridized carbons (Fsp3) is 0.375. The lowest BCUT2D eigenvalue weighted by Crippen LogP contribution is -2.43. The number of hydrogen-bond acceptors (Lipinski definition) is 9. The third-order valence-corrected chi connectivity index (χ3v) is 8.05. The molecule has 0 amide bonds. The van der Waals surface area contributed by atoms with Crippen molar-refractivity contribution in [2.24, 2.45) is 0 Å². The van der Waals surface area contributed by atoms with Crippen LogP contribution in [0.15, 0.2) is 40.9 Å². The highest BCUT2D eigenvalue weighted by molar-refractivity contribution is 7.93. The molecule has 3 aromatic rings. The number of methoxy groups -OCH3 is 1. The van der Waals surface area contributed by atoms with Gasteiger partial charge in [-0.1, -0.05) is 12.1 Å². The summed E-state index contributed by atoms with van der Waals surface area (Å²) in [5.41, 5.74) is 1.19. The van der Waals surface area contributed by atoms with Crippen molar-refractivity contribution in [3.8, 4) is 11.6 Å². The average Bonchev–Trinajstić information content (AvgIpc) is 3.56. The number of aryl methyl sites for hydroxylation is 1. The molecule has 36 heavy (non-hydrogen) atoms. The van der Waals surface area contributed by atoms with Crippen LogP contribution in [0.4, 0.5) is 5.69 Å². The Hall–Kier alpha value is -3.38. The zero-order valence-corrected chi connectivity index (χ0v) is 21.9. The second-order valence-corrected chi connectivity index (χ2v) is 10.7. The van der Waals surface area contributed by atoms with E-state index in [0.717, 1.165) is 10.6 Å². The number of thiazole rings is 1. The number of nitrogens with zero attached hydrogens (tertiary/aromatic N) is 4. The fourth-order valence-electron chi connectivity index (χ4n) is 3.76. The largest absolute Gasteiger partial charge is 0.486 e. The van der Waals surface area contributed by atoms with Gasteiger partial charge in [0.1, 0.15) is 16.9 Å². The molecule has 2 aromatic heterocycles. The van der Waals surface area contributed by atoms with Crippen LogP contribution < -0.4 is 13.8 Å². The van der Waals surface area contributed by atoms with E-state index in [1.165, 1.54) is 33.6 Å². The van der Waals surface area contributed by atoms with Crippen LogP contribution in [0.5, 0.6) is 11.6 Å². The molecule has 0 saturated carbocycles. The third-order valence-electron chi connectivity index (χ3n) is 5.55. The molecule has 0 aliphatic carbocycles. The lowest BCUT2D eigenvalue weighted by atomic mass is 10.1. The summed E-state index contributed by atoms with van der Waals surface area (Å²) in [7, 11) is -2.76. The van der Waals surface area contributed by atoms with Gasteiger partial charge in [-0.15, -0.1) is 16.4 Å². The van der Waals surface area contributed by atoms with Gasteiger partial charge in [0.25, 0.3) is 15.9 Å². The Labute approximate surface area is 214 Å². The highest BCUT2D eigenvalue weighted by Gasteiger charge is 2.37. The number of hydrogen-bond donors (Lipinski definition) is 0. The molecule has 0 bridgehead atoms. The van der Waals surface area contributed by atoms with Gasteiger partial charge in [-0.2, -0.15) is 0 Å². The van der Waals surface area contributed by atoms with Gasteiger partial charge in [0.15, 0.2) is 4.90 Å². The van der Waals surface area contributed by atoms with E-state index in [-0.39, 0.29) is 36.3 Å². The van der Waals surface area contributed by atoms with Crippen LogP contribution in [0, 0.1) is 0 Å². The van der Waals surface area contributed by atoms with Crippen molar-refractivity contribution in [3.63, 3.8) is 0 Å². The third kappa shape index (κ3) is 5.54. The quantitative estimate of drug-likeness (QED) is 0.362. The molecule has 1 aliphatic heterocycles. The molecular formula is C24H28N4O6S2. The Bertz CT molecular complexity index is 1330. The van der Waals surface area contributed by atoms with E-state index >= 15 is 0 Å². The summed E-state index contributed by atoms with van der Waals surface area (Å²) in [6, 6.07) is 5.35. The Morgan fingerprint density at radius 1 is 1.31 bits per heavy atom. The highest BCUT2D eigenvalue weighted by atomic mass is 32.2. The van der Waals surface area contributed by atoms with Crippen LogP contribution in [0.25, 0.3) is 12.2 Å². The Kier molecular flexibility index (Phi) is 7.94. The first kappa shape index (κ1) is 25.7. The van der Waals surface area contributed by atoms with Crippen molar-refractivity contribution in [2.75, 3.05) is 24.6 Å². The Balaban J connectivity index is 1.74. The standard InChI is InChI=1S/C24H28N4O6S2/c1-4-27-16-21(24(26-27)33-5-2)36(30,31)28-15-18(8-11-23(29)32-3)34-20-9-6-17(14-19(20)28)7-10-22-25-12-13-35-22/h6-7,9-10,12-14,16,18H,4-5,8,11,15H2,1-3H3/b10-7+/t18-/m0/s1. The van der Waals surface area contributed by atoms with Crippen LogP contribution in [0.2, 0.25) is 0 Å². The van der Waals surface area contributed by atoms with E-state index in [1.807, 2.05) is 30.5 Å². The van der Waals surface area contributed by atoms with Gasteiger partial charge in [-0.25, -0.2) is 13.4 Å². The van der Waals surface area contributed by atoms with Crippen LogP contribution in [-0.2, 0) is 26.1 Å². The van der Waals surface area contributed by atoms with Crippen LogP contribution in [0.3, 0.4) is 0 Å². The molecule has 1 aromatic carbocycles. The first-order chi connectivity index (χ1) is 17.3. The number of ether oxygens (including phenoxy) is 3. The summed E-state index contributed by atoms with van der Waals surface area (Å²) in [5, 5.41) is 7.00. The summed E-state index contributed by atoms with van der Waals surface area (Å²) in [5.74, 6) is 0.0783. The number of rotatable bonds is 10. The lowest BCUT2D eigenvalue weighted by molar-refractivity contribution is -0.141. The first-order valence-electron chi connectivity index (χ1n) is 11.5. The van der Waals surface area contributed by atoms with E-state index in [0.29, 0.717) is 24.4 Å². The number of fused-ring (bicyclic) bond motifs is 1. The summed E-state index contributed by atoms with van der Waals surface area (Å²) < 4.78 is 47.2. The van der Waals surface area contributed by atoms with Gasteiger partial charge < -0.3 is 14.2 Å². The van der Waals surface area contributed by atoms with E-state index < -0.39 is 16.1 Å². The van der Waals surface area contributed by atoms with E-state index in [2.05, 4.69) is 10.1 Å². The van der Waals surface area contributed by atoms with Crippen molar-refractivity contribution in [2.45, 2.75) is 44.2 Å². The Morgan fingerprint density at radius 2 is 2.14 bits per heavy atom. The molecule has 0 radical (unpaired) electrons. The number of aromatic nitrogens is 3. The van der Waals surface area contributed by atoms with Gasteiger partial charge in [-0.05, 0) is 44.0 Å². The summed E-state index contributed by atoms with van der Waals surface area (Å²) in [6.45, 7) is 4.43. The highest BCUT2D eigenvalue weighted by Crippen LogP contribution is 2.40. The molecule has 12 heteroatoms. The summed E-state index contributed by atoms with van der Waals surface area (Å²) in [6.07, 6.45) is 6.80. The van der Waals surface area contributed by atoms with Crippen molar-refractivity contribution in [1.29, 1.82) is 0 Å². The monoisotopic (exact) mass is 532 g/mol. The van der Waals surface area contributed by atoms with E-state index in [9.17, 15) is 13.2 Å². The molecular weight excluding hydrogens is 504 g/mol. The molecule has 0 N–H and O–H groups in total. The van der Waals surface area contributed by atoms with Crippen LogP contribution in [-0.4, -0.2) is 55.5 Å². The van der Waals surface area contributed by atoms with E-state index in [4.69, 9.17) is 14.2 Å². The van der Waals surface area contributed by atoms with Crippen LogP contribution in [0.1, 0.15) is 37.3 Å². The molecule has 1 aliphatic rings. The minimum Gasteiger partial charge on any atom is -0.486 e. The van der Waals surface area contributed by atoms with Crippen molar-refractivity contribution < 1.29 is 27.4 Å². The molecule has 3 heterocycles. The topological polar surface area (TPSA) is 113 Å². The number of esters is 1. The Morgan fingerprint density at radius 3 is 2.83 bits per heavy atom. The predicted molar refractivity (Wildman–Crippen MR) is 137 cm³/mol. The number of benzene rings is 1. The smallest absolute Gasteiger partial charge is 0.305 e. The molecule has 192 valence electrons. The minimum absolute atomic E-state index is 0.0190. The lowest BCUT2D eigenvalue weighted by Gasteiger charge is -2.35. The van der Waals surface area contributed by atoms with Crippen molar-refractivity contribution >= 4 is 45.2 Å². The second-order valence-electron chi connectivity index (χ2n) is 7.91. The number of anilines is 1. The van der Waals surface area contributed by atoms with Gasteiger partial charge in [0.2, 0.25) is 0 Å². The van der Waals surface area contributed by atoms with Gasteiger partial charge in [-0.3, -0.25) is 13.8 Å². The molecule has 10 nitrogen and oxygen atoms in total. The molecule has 1 atom stereocenters. The van der Waals surface area contributed by atoms with Gasteiger partial charge in [0, 0.05) is 30.7 Å². The maximum absolute atomic E-state index is 14.0. The molecule has 0 saturated heterocycles. The van der Waals surface area contributed by atoms with E-state index in [1.54, 1.807) is 25.3 Å². The summed E-state index contributed by atoms with van der Waals surface area (Å²) in [4.78, 5) is 15.9. The first-order valence-corrected chi connectivity index (χ1v) is 13.9. The molecule has 0 unspecified atom stereocenters. The molecule has 4 rings (SSSR count). The maximum atomic E-state index is 14.0. The van der Waals surface area contributed by atoms with Crippen molar-refractivity contribution in [3.05, 3.63) is 46.5 Å². The van der Waals surface area contributed by atoms with Gasteiger partial charge in [0.05, 0.1) is 25.9 Å². The molecule has 0 spiro atoms. The zero-order valence-electron chi connectivity index (χ0n) is 20.3. The average molecular weight is 533 g/mol. The zero-order chi connectivity index (χ0) is 25.7.